The third kappa shape index (κ3) is 4.92. The van der Waals surface area contributed by atoms with Crippen molar-refractivity contribution in [2.75, 3.05) is 13.1 Å². The minimum atomic E-state index is -1.14. The molecule has 0 bridgehead atoms. The highest BCUT2D eigenvalue weighted by atomic mass is 32.1. The Kier molecular flexibility index (Phi) is 6.62. The molecule has 3 rings (SSSR count). The first-order valence-corrected chi connectivity index (χ1v) is 14.0. The van der Waals surface area contributed by atoms with Crippen LogP contribution >= 0.6 is 11.3 Å². The summed E-state index contributed by atoms with van der Waals surface area (Å²) in [6, 6.07) is 13.4. The summed E-state index contributed by atoms with van der Waals surface area (Å²) < 4.78 is 6.78. The molecule has 2 nitrogen and oxygen atoms in total. The summed E-state index contributed by atoms with van der Waals surface area (Å²) in [6.45, 7) is 15.0. The van der Waals surface area contributed by atoms with Gasteiger partial charge in [0.1, 0.15) is 0 Å². The number of rotatable bonds is 6. The van der Waals surface area contributed by atoms with E-state index < -0.39 is 9.04 Å². The van der Waals surface area contributed by atoms with E-state index in [1.807, 2.05) is 0 Å². The summed E-state index contributed by atoms with van der Waals surface area (Å²) in [6.07, 6.45) is 2.61. The van der Waals surface area contributed by atoms with E-state index in [0.29, 0.717) is 0 Å². The zero-order valence-corrected chi connectivity index (χ0v) is 19.5. The Morgan fingerprint density at radius 1 is 1.11 bits per heavy atom. The lowest BCUT2D eigenvalue weighted by Gasteiger charge is -2.52. The third-order valence-electron chi connectivity index (χ3n) is 5.78. The molecule has 2 aromatic rings. The molecule has 1 unspecified atom stereocenters. The van der Waals surface area contributed by atoms with Gasteiger partial charge in [0.05, 0.1) is 6.10 Å². The maximum atomic E-state index is 6.78. The van der Waals surface area contributed by atoms with Crippen LogP contribution in [-0.4, -0.2) is 33.1 Å². The number of thiophene rings is 1. The molecule has 1 aromatic heterocycles. The standard InChI is InChI=1S/C23H35NOSSi/c1-22(2,3)21(25-27(4)5)23(20-9-7-6-8-10-20)12-14-24(15-13-23)17-19-11-16-26-18-19/h6-11,16,18,21,27H,12-15,17H2,1-5H3. The number of piperidine rings is 1. The van der Waals surface area contributed by atoms with Crippen LogP contribution in [0.25, 0.3) is 0 Å². The van der Waals surface area contributed by atoms with Gasteiger partial charge in [-0.1, -0.05) is 51.1 Å². The number of nitrogens with zero attached hydrogens (tertiary/aromatic N) is 1. The van der Waals surface area contributed by atoms with Gasteiger partial charge in [0.2, 0.25) is 0 Å². The van der Waals surface area contributed by atoms with Gasteiger partial charge in [-0.05, 0) is 72.4 Å². The van der Waals surface area contributed by atoms with E-state index in [9.17, 15) is 0 Å². The molecule has 4 heteroatoms. The highest BCUT2D eigenvalue weighted by Gasteiger charge is 2.48. The van der Waals surface area contributed by atoms with Crippen LogP contribution in [0, 0.1) is 5.41 Å². The molecule has 27 heavy (non-hydrogen) atoms. The van der Waals surface area contributed by atoms with Gasteiger partial charge in [-0.25, -0.2) is 0 Å². The molecule has 1 aromatic carbocycles. The van der Waals surface area contributed by atoms with E-state index >= 15 is 0 Å². The molecule has 1 saturated heterocycles. The Morgan fingerprint density at radius 2 is 1.78 bits per heavy atom. The van der Waals surface area contributed by atoms with Crippen molar-refractivity contribution in [1.29, 1.82) is 0 Å². The van der Waals surface area contributed by atoms with E-state index in [1.165, 1.54) is 24.0 Å². The molecule has 0 radical (unpaired) electrons. The summed E-state index contributed by atoms with van der Waals surface area (Å²) in [5, 5.41) is 4.47. The van der Waals surface area contributed by atoms with Crippen molar-refractivity contribution in [2.45, 2.75) is 64.8 Å². The largest absolute Gasteiger partial charge is 0.416 e. The molecule has 1 fully saturated rings. The predicted octanol–water partition coefficient (Wildman–Crippen LogP) is 5.70. The molecule has 148 valence electrons. The molecule has 0 spiro atoms. The van der Waals surface area contributed by atoms with Gasteiger partial charge in [0, 0.05) is 12.0 Å². The fourth-order valence-electron chi connectivity index (χ4n) is 4.66. The topological polar surface area (TPSA) is 12.5 Å². The van der Waals surface area contributed by atoms with Crippen molar-refractivity contribution in [2.24, 2.45) is 5.41 Å². The van der Waals surface area contributed by atoms with Crippen LogP contribution in [0.3, 0.4) is 0 Å². The first-order chi connectivity index (χ1) is 12.8. The van der Waals surface area contributed by atoms with E-state index in [0.717, 1.165) is 19.6 Å². The van der Waals surface area contributed by atoms with E-state index in [2.05, 4.69) is 85.9 Å². The summed E-state index contributed by atoms with van der Waals surface area (Å²) in [5.41, 5.74) is 3.16. The monoisotopic (exact) mass is 401 g/mol. The molecule has 0 amide bonds. The Balaban J connectivity index is 1.88. The van der Waals surface area contributed by atoms with Crippen LogP contribution in [0.5, 0.6) is 0 Å². The van der Waals surface area contributed by atoms with Gasteiger partial charge in [0.15, 0.2) is 9.04 Å². The number of likely N-dealkylation sites (tertiary alicyclic amines) is 1. The van der Waals surface area contributed by atoms with Crippen LogP contribution in [0.2, 0.25) is 13.1 Å². The second-order valence-corrected chi connectivity index (χ2v) is 12.5. The van der Waals surface area contributed by atoms with Gasteiger partial charge in [-0.3, -0.25) is 4.90 Å². The summed E-state index contributed by atoms with van der Waals surface area (Å²) in [5.74, 6) is 0. The summed E-state index contributed by atoms with van der Waals surface area (Å²) in [4.78, 5) is 2.62. The lowest BCUT2D eigenvalue weighted by molar-refractivity contribution is -0.0212. The number of benzene rings is 1. The maximum Gasteiger partial charge on any atom is 0.171 e. The smallest absolute Gasteiger partial charge is 0.171 e. The lowest BCUT2D eigenvalue weighted by Crippen LogP contribution is -2.55. The quantitative estimate of drug-likeness (QED) is 0.576. The molecule has 2 heterocycles. The predicted molar refractivity (Wildman–Crippen MR) is 120 cm³/mol. The highest BCUT2D eigenvalue weighted by molar-refractivity contribution is 7.07. The van der Waals surface area contributed by atoms with Crippen LogP contribution in [-0.2, 0) is 16.4 Å². The van der Waals surface area contributed by atoms with Gasteiger partial charge < -0.3 is 4.43 Å². The van der Waals surface area contributed by atoms with Gasteiger partial charge in [-0.15, -0.1) is 0 Å². The maximum absolute atomic E-state index is 6.78. The second kappa shape index (κ2) is 8.60. The van der Waals surface area contributed by atoms with Crippen LogP contribution in [0.1, 0.15) is 44.7 Å². The zero-order chi connectivity index (χ0) is 19.5. The van der Waals surface area contributed by atoms with Crippen LogP contribution < -0.4 is 0 Å². The Bertz CT molecular complexity index is 685. The third-order valence-corrected chi connectivity index (χ3v) is 7.33. The van der Waals surface area contributed by atoms with Crippen molar-refractivity contribution in [3.63, 3.8) is 0 Å². The van der Waals surface area contributed by atoms with Gasteiger partial charge in [0.25, 0.3) is 0 Å². The second-order valence-electron chi connectivity index (χ2n) is 9.36. The van der Waals surface area contributed by atoms with Crippen molar-refractivity contribution < 1.29 is 4.43 Å². The molecule has 1 aliphatic heterocycles. The minimum absolute atomic E-state index is 0.113. The molecule has 1 aliphatic rings. The Hall–Kier alpha value is -0.943. The zero-order valence-electron chi connectivity index (χ0n) is 17.6. The van der Waals surface area contributed by atoms with E-state index in [4.69, 9.17) is 4.43 Å². The summed E-state index contributed by atoms with van der Waals surface area (Å²) in [7, 11) is -1.14. The van der Waals surface area contributed by atoms with Crippen LogP contribution in [0.4, 0.5) is 0 Å². The molecule has 0 N–H and O–H groups in total. The first-order valence-electron chi connectivity index (χ1n) is 10.3. The Labute approximate surface area is 171 Å². The number of hydrogen-bond acceptors (Lipinski definition) is 3. The highest BCUT2D eigenvalue weighted by Crippen LogP contribution is 2.46. The first kappa shape index (κ1) is 20.8. The van der Waals surface area contributed by atoms with Crippen molar-refractivity contribution >= 4 is 20.4 Å². The molecular formula is C23H35NOSSi. The van der Waals surface area contributed by atoms with E-state index in [1.54, 1.807) is 11.3 Å². The van der Waals surface area contributed by atoms with E-state index in [-0.39, 0.29) is 16.9 Å². The number of hydrogen-bond donors (Lipinski definition) is 0. The fourth-order valence-corrected chi connectivity index (χ4v) is 6.53. The lowest BCUT2D eigenvalue weighted by atomic mass is 9.62. The molecular weight excluding hydrogens is 366 g/mol. The van der Waals surface area contributed by atoms with Crippen molar-refractivity contribution in [1.82, 2.24) is 4.90 Å². The SMILES string of the molecule is C[SiH](C)OC(C(C)(C)C)C1(c2ccccc2)CCN(Cc2ccsc2)CC1. The molecule has 0 aliphatic carbocycles. The summed E-state index contributed by atoms with van der Waals surface area (Å²) >= 11 is 1.80. The van der Waals surface area contributed by atoms with Crippen molar-refractivity contribution in [3.05, 3.63) is 58.3 Å². The van der Waals surface area contributed by atoms with Gasteiger partial charge in [-0.2, -0.15) is 11.3 Å². The van der Waals surface area contributed by atoms with Crippen molar-refractivity contribution in [3.8, 4) is 0 Å². The average molecular weight is 402 g/mol. The Morgan fingerprint density at radius 3 is 2.30 bits per heavy atom. The molecule has 0 saturated carbocycles. The molecule has 1 atom stereocenters. The minimum Gasteiger partial charge on any atom is -0.416 e. The van der Waals surface area contributed by atoms with Crippen LogP contribution in [0.15, 0.2) is 47.2 Å². The average Bonchev–Trinajstić information content (AvgIpc) is 3.13. The van der Waals surface area contributed by atoms with Gasteiger partial charge >= 0.3 is 0 Å². The fraction of sp³-hybridized carbons (Fsp3) is 0.565. The normalized spacial score (nSPS) is 19.3.